The summed E-state index contributed by atoms with van der Waals surface area (Å²) in [6.45, 7) is 3.02. The number of aromatic nitrogens is 1. The molecular formula is C14H20BrN3O2. The normalized spacial score (nSPS) is 22.5. The standard InChI is InChI=1S/C14H20BrN3O2/c1-2-10-3-5-11(6-4-10)8-16-14-13(18(19)20)7-12(15)9-17-14/h7,9-11H,2-6,8H2,1H3,(H,16,17). The number of hydrogen-bond acceptors (Lipinski definition) is 4. The van der Waals surface area contributed by atoms with Crippen LogP contribution >= 0.6 is 15.9 Å². The minimum atomic E-state index is -0.395. The summed E-state index contributed by atoms with van der Waals surface area (Å²) in [4.78, 5) is 14.7. The largest absolute Gasteiger partial charge is 0.364 e. The third-order valence-corrected chi connectivity index (χ3v) is 4.57. The van der Waals surface area contributed by atoms with E-state index in [2.05, 4.69) is 33.2 Å². The van der Waals surface area contributed by atoms with Crippen molar-refractivity contribution in [3.05, 3.63) is 26.9 Å². The maximum atomic E-state index is 11.0. The summed E-state index contributed by atoms with van der Waals surface area (Å²) in [7, 11) is 0. The molecular weight excluding hydrogens is 322 g/mol. The first-order valence-corrected chi connectivity index (χ1v) is 7.93. The van der Waals surface area contributed by atoms with Crippen LogP contribution in [0.5, 0.6) is 0 Å². The molecule has 0 spiro atoms. The van der Waals surface area contributed by atoms with Crippen molar-refractivity contribution >= 4 is 27.4 Å². The Morgan fingerprint density at radius 3 is 2.65 bits per heavy atom. The van der Waals surface area contributed by atoms with Gasteiger partial charge in [0.2, 0.25) is 5.82 Å². The van der Waals surface area contributed by atoms with Gasteiger partial charge in [0.25, 0.3) is 0 Å². The van der Waals surface area contributed by atoms with Crippen LogP contribution in [0.1, 0.15) is 39.0 Å². The monoisotopic (exact) mass is 341 g/mol. The van der Waals surface area contributed by atoms with Gasteiger partial charge in [-0.05, 0) is 40.6 Å². The number of hydrogen-bond donors (Lipinski definition) is 1. The molecule has 1 aliphatic carbocycles. The Morgan fingerprint density at radius 2 is 2.05 bits per heavy atom. The van der Waals surface area contributed by atoms with E-state index in [4.69, 9.17) is 0 Å². The van der Waals surface area contributed by atoms with Crippen LogP contribution in [-0.4, -0.2) is 16.5 Å². The van der Waals surface area contributed by atoms with Crippen molar-refractivity contribution in [1.82, 2.24) is 4.98 Å². The molecule has 110 valence electrons. The quantitative estimate of drug-likeness (QED) is 0.637. The van der Waals surface area contributed by atoms with Crippen LogP contribution in [0, 0.1) is 22.0 Å². The molecule has 0 unspecified atom stereocenters. The smallest absolute Gasteiger partial charge is 0.312 e. The van der Waals surface area contributed by atoms with Crippen molar-refractivity contribution in [3.8, 4) is 0 Å². The molecule has 1 heterocycles. The molecule has 0 atom stereocenters. The molecule has 1 aromatic heterocycles. The van der Waals surface area contributed by atoms with Crippen LogP contribution in [0.15, 0.2) is 16.7 Å². The molecule has 1 aromatic rings. The molecule has 0 aromatic carbocycles. The Morgan fingerprint density at radius 1 is 1.40 bits per heavy atom. The van der Waals surface area contributed by atoms with E-state index >= 15 is 0 Å². The second-order valence-electron chi connectivity index (χ2n) is 5.45. The molecule has 0 amide bonds. The third-order valence-electron chi connectivity index (χ3n) is 4.13. The van der Waals surface area contributed by atoms with Gasteiger partial charge in [-0.1, -0.05) is 26.2 Å². The third kappa shape index (κ3) is 3.91. The number of anilines is 1. The Labute approximate surface area is 127 Å². The minimum Gasteiger partial charge on any atom is -0.364 e. The average molecular weight is 342 g/mol. The van der Waals surface area contributed by atoms with E-state index < -0.39 is 4.92 Å². The summed E-state index contributed by atoms with van der Waals surface area (Å²) >= 11 is 3.21. The molecule has 1 fully saturated rings. The molecule has 6 heteroatoms. The van der Waals surface area contributed by atoms with E-state index in [-0.39, 0.29) is 5.69 Å². The SMILES string of the molecule is CCC1CCC(CNc2ncc(Br)cc2[N+](=O)[O-])CC1. The summed E-state index contributed by atoms with van der Waals surface area (Å²) in [5.74, 6) is 1.84. The first-order chi connectivity index (χ1) is 9.60. The lowest BCUT2D eigenvalue weighted by atomic mass is 9.81. The van der Waals surface area contributed by atoms with E-state index in [1.54, 1.807) is 6.20 Å². The van der Waals surface area contributed by atoms with Gasteiger partial charge in [0.1, 0.15) is 0 Å². The molecule has 1 saturated carbocycles. The number of nitrogens with zero attached hydrogens (tertiary/aromatic N) is 2. The van der Waals surface area contributed by atoms with Gasteiger partial charge in [0, 0.05) is 23.3 Å². The second-order valence-corrected chi connectivity index (χ2v) is 6.37. The highest BCUT2D eigenvalue weighted by Crippen LogP contribution is 2.31. The predicted molar refractivity (Wildman–Crippen MR) is 82.8 cm³/mol. The number of pyridine rings is 1. The number of nitro groups is 1. The molecule has 0 aliphatic heterocycles. The number of nitrogens with one attached hydrogen (secondary N) is 1. The molecule has 0 radical (unpaired) electrons. The van der Waals surface area contributed by atoms with Gasteiger partial charge in [-0.2, -0.15) is 0 Å². The maximum Gasteiger partial charge on any atom is 0.312 e. The van der Waals surface area contributed by atoms with Crippen molar-refractivity contribution in [2.24, 2.45) is 11.8 Å². The molecule has 0 saturated heterocycles. The highest BCUT2D eigenvalue weighted by Gasteiger charge is 2.21. The van der Waals surface area contributed by atoms with Gasteiger partial charge >= 0.3 is 5.69 Å². The van der Waals surface area contributed by atoms with E-state index in [0.717, 1.165) is 12.5 Å². The Bertz CT molecular complexity index is 473. The van der Waals surface area contributed by atoms with Crippen LogP contribution in [0.2, 0.25) is 0 Å². The lowest BCUT2D eigenvalue weighted by molar-refractivity contribution is -0.384. The molecule has 1 N–H and O–H groups in total. The minimum absolute atomic E-state index is 0.0293. The van der Waals surface area contributed by atoms with Crippen LogP contribution in [0.25, 0.3) is 0 Å². The fraction of sp³-hybridized carbons (Fsp3) is 0.643. The van der Waals surface area contributed by atoms with Gasteiger partial charge in [0.05, 0.1) is 4.92 Å². The van der Waals surface area contributed by atoms with Crippen molar-refractivity contribution in [3.63, 3.8) is 0 Å². The molecule has 20 heavy (non-hydrogen) atoms. The van der Waals surface area contributed by atoms with Crippen molar-refractivity contribution < 1.29 is 4.92 Å². The summed E-state index contributed by atoms with van der Waals surface area (Å²) in [6.07, 6.45) is 7.81. The van der Waals surface area contributed by atoms with E-state index in [0.29, 0.717) is 16.2 Å². The predicted octanol–water partition coefficient (Wildman–Crippen LogP) is 4.38. The fourth-order valence-electron chi connectivity index (χ4n) is 2.79. The van der Waals surface area contributed by atoms with Gasteiger partial charge in [-0.25, -0.2) is 4.98 Å². The Hall–Kier alpha value is -1.17. The van der Waals surface area contributed by atoms with E-state index in [1.807, 2.05) is 0 Å². The average Bonchev–Trinajstić information content (AvgIpc) is 2.46. The first kappa shape index (κ1) is 15.2. The Balaban J connectivity index is 1.93. The lowest BCUT2D eigenvalue weighted by Gasteiger charge is -2.27. The van der Waals surface area contributed by atoms with Crippen molar-refractivity contribution in [2.75, 3.05) is 11.9 Å². The van der Waals surface area contributed by atoms with Crippen LogP contribution in [0.3, 0.4) is 0 Å². The summed E-state index contributed by atoms with van der Waals surface area (Å²) in [5, 5.41) is 14.2. The topological polar surface area (TPSA) is 68.1 Å². The van der Waals surface area contributed by atoms with Gasteiger partial charge in [0.15, 0.2) is 0 Å². The van der Waals surface area contributed by atoms with Gasteiger partial charge < -0.3 is 5.32 Å². The molecule has 2 rings (SSSR count). The van der Waals surface area contributed by atoms with E-state index in [9.17, 15) is 10.1 Å². The summed E-state index contributed by atoms with van der Waals surface area (Å²) < 4.78 is 0.623. The highest BCUT2D eigenvalue weighted by atomic mass is 79.9. The van der Waals surface area contributed by atoms with Crippen molar-refractivity contribution in [1.29, 1.82) is 0 Å². The van der Waals surface area contributed by atoms with Gasteiger partial charge in [-0.3, -0.25) is 10.1 Å². The molecule has 5 nitrogen and oxygen atoms in total. The zero-order valence-corrected chi connectivity index (χ0v) is 13.2. The van der Waals surface area contributed by atoms with Crippen molar-refractivity contribution in [2.45, 2.75) is 39.0 Å². The zero-order chi connectivity index (χ0) is 14.5. The molecule has 0 bridgehead atoms. The number of halogens is 1. The summed E-state index contributed by atoms with van der Waals surface area (Å²) in [5.41, 5.74) is 0.0293. The lowest BCUT2D eigenvalue weighted by Crippen LogP contribution is -2.21. The van der Waals surface area contributed by atoms with Crippen LogP contribution in [0.4, 0.5) is 11.5 Å². The molecule has 1 aliphatic rings. The van der Waals surface area contributed by atoms with Gasteiger partial charge in [-0.15, -0.1) is 0 Å². The van der Waals surface area contributed by atoms with Crippen LogP contribution < -0.4 is 5.32 Å². The Kier molecular flexibility index (Phi) is 5.34. The van der Waals surface area contributed by atoms with E-state index in [1.165, 1.54) is 38.2 Å². The fourth-order valence-corrected chi connectivity index (χ4v) is 3.11. The maximum absolute atomic E-state index is 11.0. The summed E-state index contributed by atoms with van der Waals surface area (Å²) in [6, 6.07) is 1.49. The first-order valence-electron chi connectivity index (χ1n) is 7.14. The highest BCUT2D eigenvalue weighted by molar-refractivity contribution is 9.10. The number of rotatable bonds is 5. The second kappa shape index (κ2) is 7.02. The van der Waals surface area contributed by atoms with Crippen LogP contribution in [-0.2, 0) is 0 Å². The zero-order valence-electron chi connectivity index (χ0n) is 11.6.